The highest BCUT2D eigenvalue weighted by atomic mass is 15.3. The Hall–Kier alpha value is -0.0800. The summed E-state index contributed by atoms with van der Waals surface area (Å²) in [7, 11) is 0. The van der Waals surface area contributed by atoms with E-state index >= 15 is 0 Å². The van der Waals surface area contributed by atoms with Gasteiger partial charge in [0.25, 0.3) is 0 Å². The number of fused-ring (bicyclic) bond motifs is 1. The molecule has 1 aliphatic carbocycles. The number of hydrogen-bond donors (Lipinski definition) is 0. The van der Waals surface area contributed by atoms with E-state index in [1.54, 1.807) is 0 Å². The fourth-order valence-electron chi connectivity index (χ4n) is 4.28. The van der Waals surface area contributed by atoms with Crippen LogP contribution >= 0.6 is 0 Å². The zero-order chi connectivity index (χ0) is 13.6. The average molecular weight is 264 g/mol. The minimum absolute atomic E-state index is 0.630. The first-order valence-electron chi connectivity index (χ1n) is 8.45. The summed E-state index contributed by atoms with van der Waals surface area (Å²) in [5.74, 6) is 1.76. The van der Waals surface area contributed by atoms with Crippen LogP contribution in [0.15, 0.2) is 0 Å². The maximum Gasteiger partial charge on any atom is 0.0247 e. The van der Waals surface area contributed by atoms with Gasteiger partial charge in [-0.05, 0) is 43.1 Å². The molecule has 19 heavy (non-hydrogen) atoms. The molecule has 2 heteroatoms. The molecule has 2 saturated heterocycles. The summed E-state index contributed by atoms with van der Waals surface area (Å²) < 4.78 is 0. The maximum atomic E-state index is 2.86. The largest absolute Gasteiger partial charge is 0.298 e. The third-order valence-electron chi connectivity index (χ3n) is 6.03. The minimum atomic E-state index is 0.630. The SMILES string of the molecule is CC(C)C1CN2CCCCC2CN1CC1CC1(C)C. The van der Waals surface area contributed by atoms with Crippen molar-refractivity contribution in [3.8, 4) is 0 Å². The van der Waals surface area contributed by atoms with Gasteiger partial charge in [-0.2, -0.15) is 0 Å². The fourth-order valence-corrected chi connectivity index (χ4v) is 4.28. The molecule has 0 bridgehead atoms. The van der Waals surface area contributed by atoms with Gasteiger partial charge in [0.1, 0.15) is 0 Å². The molecule has 0 aromatic carbocycles. The van der Waals surface area contributed by atoms with Crippen molar-refractivity contribution in [2.45, 2.75) is 65.5 Å². The molecule has 1 saturated carbocycles. The molecule has 0 spiro atoms. The summed E-state index contributed by atoms with van der Waals surface area (Å²) in [6.07, 6.45) is 5.77. The van der Waals surface area contributed by atoms with E-state index in [9.17, 15) is 0 Å². The second-order valence-electron chi connectivity index (χ2n) is 8.30. The Morgan fingerprint density at radius 1 is 1.16 bits per heavy atom. The van der Waals surface area contributed by atoms with Crippen LogP contribution in [0.4, 0.5) is 0 Å². The van der Waals surface area contributed by atoms with E-state index in [-0.39, 0.29) is 0 Å². The van der Waals surface area contributed by atoms with Gasteiger partial charge < -0.3 is 0 Å². The highest BCUT2D eigenvalue weighted by Crippen LogP contribution is 2.52. The van der Waals surface area contributed by atoms with Gasteiger partial charge in [-0.25, -0.2) is 0 Å². The Morgan fingerprint density at radius 3 is 2.53 bits per heavy atom. The van der Waals surface area contributed by atoms with Crippen LogP contribution < -0.4 is 0 Å². The third-order valence-corrected chi connectivity index (χ3v) is 6.03. The lowest BCUT2D eigenvalue weighted by molar-refractivity contribution is -0.0110. The highest BCUT2D eigenvalue weighted by molar-refractivity contribution is 5.00. The number of piperazine rings is 1. The molecule has 3 atom stereocenters. The number of rotatable bonds is 3. The Bertz CT molecular complexity index is 323. The van der Waals surface area contributed by atoms with Crippen molar-refractivity contribution in [1.82, 2.24) is 9.80 Å². The molecule has 0 aromatic rings. The molecular formula is C17H32N2. The summed E-state index contributed by atoms with van der Waals surface area (Å²) in [6, 6.07) is 1.66. The summed E-state index contributed by atoms with van der Waals surface area (Å²) >= 11 is 0. The van der Waals surface area contributed by atoms with E-state index < -0.39 is 0 Å². The Morgan fingerprint density at radius 2 is 1.89 bits per heavy atom. The van der Waals surface area contributed by atoms with Gasteiger partial charge in [-0.1, -0.05) is 34.1 Å². The van der Waals surface area contributed by atoms with Crippen LogP contribution in [0.1, 0.15) is 53.4 Å². The van der Waals surface area contributed by atoms with Gasteiger partial charge in [0.15, 0.2) is 0 Å². The molecule has 3 fully saturated rings. The van der Waals surface area contributed by atoms with Crippen LogP contribution in [0.3, 0.4) is 0 Å². The summed E-state index contributed by atoms with van der Waals surface area (Å²) in [4.78, 5) is 5.65. The number of piperidine rings is 1. The molecule has 2 heterocycles. The topological polar surface area (TPSA) is 6.48 Å². The van der Waals surface area contributed by atoms with Crippen LogP contribution in [-0.4, -0.2) is 48.1 Å². The number of hydrogen-bond acceptors (Lipinski definition) is 2. The molecule has 0 aromatic heterocycles. The Labute approximate surface area is 119 Å². The molecule has 2 aliphatic heterocycles. The van der Waals surface area contributed by atoms with Crippen LogP contribution in [0, 0.1) is 17.3 Å². The fraction of sp³-hybridized carbons (Fsp3) is 1.00. The highest BCUT2D eigenvalue weighted by Gasteiger charge is 2.48. The van der Waals surface area contributed by atoms with Crippen molar-refractivity contribution in [1.29, 1.82) is 0 Å². The van der Waals surface area contributed by atoms with Gasteiger partial charge in [-0.3, -0.25) is 9.80 Å². The molecule has 3 unspecified atom stereocenters. The molecular weight excluding hydrogens is 232 g/mol. The van der Waals surface area contributed by atoms with E-state index in [0.29, 0.717) is 5.41 Å². The van der Waals surface area contributed by atoms with Crippen LogP contribution in [0.2, 0.25) is 0 Å². The van der Waals surface area contributed by atoms with Crippen molar-refractivity contribution in [2.24, 2.45) is 17.3 Å². The Balaban J connectivity index is 1.65. The zero-order valence-corrected chi connectivity index (χ0v) is 13.4. The van der Waals surface area contributed by atoms with E-state index in [2.05, 4.69) is 37.5 Å². The first kappa shape index (κ1) is 13.9. The van der Waals surface area contributed by atoms with Crippen LogP contribution in [0.25, 0.3) is 0 Å². The molecule has 0 radical (unpaired) electrons. The van der Waals surface area contributed by atoms with Crippen molar-refractivity contribution in [2.75, 3.05) is 26.2 Å². The standard InChI is InChI=1S/C17H32N2/c1-13(2)16-12-18-8-6-5-7-15(18)11-19(16)10-14-9-17(14,3)4/h13-16H,5-12H2,1-4H3. The second-order valence-corrected chi connectivity index (χ2v) is 8.30. The van der Waals surface area contributed by atoms with E-state index in [1.807, 2.05) is 0 Å². The molecule has 0 N–H and O–H groups in total. The number of nitrogens with zero attached hydrogens (tertiary/aromatic N) is 2. The van der Waals surface area contributed by atoms with E-state index in [4.69, 9.17) is 0 Å². The molecule has 0 amide bonds. The van der Waals surface area contributed by atoms with Gasteiger partial charge in [-0.15, -0.1) is 0 Å². The zero-order valence-electron chi connectivity index (χ0n) is 13.4. The Kier molecular flexibility index (Phi) is 3.68. The lowest BCUT2D eigenvalue weighted by atomic mass is 9.91. The minimum Gasteiger partial charge on any atom is -0.298 e. The summed E-state index contributed by atoms with van der Waals surface area (Å²) in [6.45, 7) is 15.1. The van der Waals surface area contributed by atoms with Crippen LogP contribution in [-0.2, 0) is 0 Å². The first-order valence-corrected chi connectivity index (χ1v) is 8.45. The molecule has 3 rings (SSSR count). The lowest BCUT2D eigenvalue weighted by Crippen LogP contribution is -2.61. The normalized spacial score (nSPS) is 39.3. The van der Waals surface area contributed by atoms with E-state index in [1.165, 1.54) is 51.9 Å². The van der Waals surface area contributed by atoms with Crippen molar-refractivity contribution >= 4 is 0 Å². The summed E-state index contributed by atoms with van der Waals surface area (Å²) in [5, 5.41) is 0. The summed E-state index contributed by atoms with van der Waals surface area (Å²) in [5.41, 5.74) is 0.630. The van der Waals surface area contributed by atoms with Gasteiger partial charge in [0.05, 0.1) is 0 Å². The van der Waals surface area contributed by atoms with Crippen LogP contribution in [0.5, 0.6) is 0 Å². The predicted octanol–water partition coefficient (Wildman–Crippen LogP) is 3.23. The monoisotopic (exact) mass is 264 g/mol. The molecule has 110 valence electrons. The first-order chi connectivity index (χ1) is 8.97. The smallest absolute Gasteiger partial charge is 0.0247 e. The lowest BCUT2D eigenvalue weighted by Gasteiger charge is -2.50. The van der Waals surface area contributed by atoms with E-state index in [0.717, 1.165) is 23.9 Å². The third kappa shape index (κ3) is 2.85. The molecule has 3 aliphatic rings. The van der Waals surface area contributed by atoms with Gasteiger partial charge in [0.2, 0.25) is 0 Å². The maximum absolute atomic E-state index is 2.86. The average Bonchev–Trinajstić information content (AvgIpc) is 2.95. The van der Waals surface area contributed by atoms with Gasteiger partial charge in [0, 0.05) is 31.7 Å². The predicted molar refractivity (Wildman–Crippen MR) is 81.3 cm³/mol. The molecule has 2 nitrogen and oxygen atoms in total. The van der Waals surface area contributed by atoms with Crippen molar-refractivity contribution < 1.29 is 0 Å². The van der Waals surface area contributed by atoms with Crippen molar-refractivity contribution in [3.05, 3.63) is 0 Å². The van der Waals surface area contributed by atoms with Crippen molar-refractivity contribution in [3.63, 3.8) is 0 Å². The second kappa shape index (κ2) is 5.04. The quantitative estimate of drug-likeness (QED) is 0.772. The van der Waals surface area contributed by atoms with Gasteiger partial charge >= 0.3 is 0 Å².